The molecule has 5 nitrogen and oxygen atoms in total. The lowest BCUT2D eigenvalue weighted by atomic mass is 10.3. The van der Waals surface area contributed by atoms with Gasteiger partial charge in [0.05, 0.1) is 18.4 Å². The lowest BCUT2D eigenvalue weighted by molar-refractivity contribution is 0.814. The van der Waals surface area contributed by atoms with Gasteiger partial charge >= 0.3 is 0 Å². The van der Waals surface area contributed by atoms with Crippen LogP contribution in [0.1, 0.15) is 15.3 Å². The molecule has 0 saturated carbocycles. The second-order valence-electron chi connectivity index (χ2n) is 5.56. The molecule has 2 heterocycles. The molecule has 0 aliphatic rings. The van der Waals surface area contributed by atoms with E-state index in [1.807, 2.05) is 41.3 Å². The lowest BCUT2D eigenvalue weighted by Crippen LogP contribution is -2.36. The Morgan fingerprint density at radius 1 is 1.15 bits per heavy atom. The molecule has 2 N–H and O–H groups in total. The Balaban J connectivity index is 0.00000243. The van der Waals surface area contributed by atoms with Crippen LogP contribution in [0.2, 0.25) is 5.02 Å². The zero-order chi connectivity index (χ0) is 17.6. The number of guanidine groups is 1. The van der Waals surface area contributed by atoms with Gasteiger partial charge in [-0.15, -0.1) is 35.3 Å². The minimum Gasteiger partial charge on any atom is -0.352 e. The summed E-state index contributed by atoms with van der Waals surface area (Å²) in [6.07, 6.45) is 3.84. The summed E-state index contributed by atoms with van der Waals surface area (Å²) in [7, 11) is 1.77. The van der Waals surface area contributed by atoms with Crippen LogP contribution in [0.15, 0.2) is 53.8 Å². The number of rotatable bonds is 5. The van der Waals surface area contributed by atoms with Crippen LogP contribution in [0.3, 0.4) is 0 Å². The number of thiophene rings is 1. The standard InChI is InChI=1S/C18H20ClN5S.HI/c1-13-3-8-17(25-13)11-22-18(20-2)21-9-14-10-23-24(12-14)16-6-4-15(19)5-7-16;/h3-8,10,12H,9,11H2,1-2H3,(H2,20,21,22);1H. The highest BCUT2D eigenvalue weighted by Crippen LogP contribution is 2.15. The van der Waals surface area contributed by atoms with Gasteiger partial charge in [-0.25, -0.2) is 4.68 Å². The van der Waals surface area contributed by atoms with E-state index in [4.69, 9.17) is 11.6 Å². The van der Waals surface area contributed by atoms with E-state index in [1.165, 1.54) is 9.75 Å². The third-order valence-electron chi connectivity index (χ3n) is 3.64. The first-order valence-electron chi connectivity index (χ1n) is 7.93. The Morgan fingerprint density at radius 3 is 2.54 bits per heavy atom. The maximum atomic E-state index is 5.92. The number of aliphatic imine (C=N–C) groups is 1. The fourth-order valence-electron chi connectivity index (χ4n) is 2.34. The van der Waals surface area contributed by atoms with E-state index in [9.17, 15) is 0 Å². The topological polar surface area (TPSA) is 54.2 Å². The van der Waals surface area contributed by atoms with E-state index in [0.717, 1.165) is 23.8 Å². The lowest BCUT2D eigenvalue weighted by Gasteiger charge is -2.10. The quantitative estimate of drug-likeness (QED) is 0.310. The molecule has 3 aromatic rings. The van der Waals surface area contributed by atoms with Gasteiger partial charge in [-0.1, -0.05) is 11.6 Å². The molecule has 138 valence electrons. The van der Waals surface area contributed by atoms with Crippen LogP contribution in [0, 0.1) is 6.92 Å². The summed E-state index contributed by atoms with van der Waals surface area (Å²) in [6, 6.07) is 11.9. The van der Waals surface area contributed by atoms with Gasteiger partial charge < -0.3 is 10.6 Å². The third kappa shape index (κ3) is 5.72. The van der Waals surface area contributed by atoms with Crippen LogP contribution in [-0.4, -0.2) is 22.8 Å². The molecule has 0 spiro atoms. The average molecular weight is 502 g/mol. The summed E-state index contributed by atoms with van der Waals surface area (Å²) in [5.74, 6) is 0.769. The number of aryl methyl sites for hydroxylation is 1. The van der Waals surface area contributed by atoms with Crippen LogP contribution in [-0.2, 0) is 13.1 Å². The molecule has 1 aromatic carbocycles. The van der Waals surface area contributed by atoms with Crippen LogP contribution < -0.4 is 10.6 Å². The summed E-state index contributed by atoms with van der Waals surface area (Å²) in [5, 5.41) is 11.7. The first-order valence-corrected chi connectivity index (χ1v) is 9.13. The summed E-state index contributed by atoms with van der Waals surface area (Å²) in [4.78, 5) is 6.86. The van der Waals surface area contributed by atoms with Gasteiger partial charge in [0, 0.05) is 40.1 Å². The van der Waals surface area contributed by atoms with Crippen molar-refractivity contribution in [2.24, 2.45) is 4.99 Å². The first-order chi connectivity index (χ1) is 12.1. The van der Waals surface area contributed by atoms with Gasteiger partial charge in [-0.3, -0.25) is 4.99 Å². The smallest absolute Gasteiger partial charge is 0.191 e. The number of hydrogen-bond donors (Lipinski definition) is 2. The normalized spacial score (nSPS) is 11.1. The van der Waals surface area contributed by atoms with E-state index in [2.05, 4.69) is 39.8 Å². The van der Waals surface area contributed by atoms with E-state index < -0.39 is 0 Å². The van der Waals surface area contributed by atoms with Crippen molar-refractivity contribution in [2.75, 3.05) is 7.05 Å². The molecule has 0 saturated heterocycles. The van der Waals surface area contributed by atoms with Gasteiger partial charge in [0.1, 0.15) is 0 Å². The Bertz CT molecular complexity index is 857. The minimum atomic E-state index is 0. The van der Waals surface area contributed by atoms with Crippen LogP contribution in [0.25, 0.3) is 5.69 Å². The van der Waals surface area contributed by atoms with Crippen molar-refractivity contribution < 1.29 is 0 Å². The molecule has 0 unspecified atom stereocenters. The average Bonchev–Trinajstić information content (AvgIpc) is 3.25. The largest absolute Gasteiger partial charge is 0.352 e. The molecule has 3 rings (SSSR count). The number of nitrogens with zero attached hydrogens (tertiary/aromatic N) is 3. The van der Waals surface area contributed by atoms with Crippen molar-refractivity contribution in [3.63, 3.8) is 0 Å². The number of nitrogens with one attached hydrogen (secondary N) is 2. The SMILES string of the molecule is CN=C(NCc1cnn(-c2ccc(Cl)cc2)c1)NCc1ccc(C)s1.I. The highest BCUT2D eigenvalue weighted by atomic mass is 127. The van der Waals surface area contributed by atoms with Crippen LogP contribution >= 0.6 is 46.9 Å². The summed E-state index contributed by atoms with van der Waals surface area (Å²) in [5.41, 5.74) is 2.05. The summed E-state index contributed by atoms with van der Waals surface area (Å²) >= 11 is 7.71. The molecule has 26 heavy (non-hydrogen) atoms. The Morgan fingerprint density at radius 2 is 1.88 bits per heavy atom. The molecule has 0 amide bonds. The maximum absolute atomic E-state index is 5.92. The van der Waals surface area contributed by atoms with Gasteiger partial charge in [0.25, 0.3) is 0 Å². The molecule has 0 bridgehead atoms. The monoisotopic (exact) mass is 501 g/mol. The van der Waals surface area contributed by atoms with Crippen LogP contribution in [0.5, 0.6) is 0 Å². The highest BCUT2D eigenvalue weighted by molar-refractivity contribution is 14.0. The number of hydrogen-bond acceptors (Lipinski definition) is 3. The summed E-state index contributed by atoms with van der Waals surface area (Å²) < 4.78 is 1.83. The van der Waals surface area contributed by atoms with E-state index in [1.54, 1.807) is 18.4 Å². The van der Waals surface area contributed by atoms with Gasteiger partial charge in [-0.05, 0) is 43.3 Å². The van der Waals surface area contributed by atoms with Crippen molar-refractivity contribution in [1.29, 1.82) is 0 Å². The first kappa shape index (κ1) is 20.7. The Kier molecular flexibility index (Phi) is 7.92. The van der Waals surface area contributed by atoms with Crippen molar-refractivity contribution >= 4 is 52.9 Å². The molecular weight excluding hydrogens is 481 g/mol. The molecule has 2 aromatic heterocycles. The van der Waals surface area contributed by atoms with Crippen molar-refractivity contribution in [2.45, 2.75) is 20.0 Å². The predicted octanol–water partition coefficient (Wildman–Crippen LogP) is 4.38. The van der Waals surface area contributed by atoms with E-state index >= 15 is 0 Å². The maximum Gasteiger partial charge on any atom is 0.191 e. The molecule has 8 heteroatoms. The Hall–Kier alpha value is -1.58. The predicted molar refractivity (Wildman–Crippen MR) is 120 cm³/mol. The van der Waals surface area contributed by atoms with Gasteiger partial charge in [0.15, 0.2) is 5.96 Å². The second-order valence-corrected chi connectivity index (χ2v) is 7.37. The Labute approximate surface area is 179 Å². The van der Waals surface area contributed by atoms with Crippen molar-refractivity contribution in [3.8, 4) is 5.69 Å². The molecule has 0 aliphatic carbocycles. The highest BCUT2D eigenvalue weighted by Gasteiger charge is 2.04. The van der Waals surface area contributed by atoms with Crippen LogP contribution in [0.4, 0.5) is 0 Å². The zero-order valence-electron chi connectivity index (χ0n) is 14.6. The number of halogens is 2. The molecule has 0 atom stereocenters. The molecule has 0 radical (unpaired) electrons. The fourth-order valence-corrected chi connectivity index (χ4v) is 3.30. The van der Waals surface area contributed by atoms with Gasteiger partial charge in [-0.2, -0.15) is 5.10 Å². The second kappa shape index (κ2) is 9.94. The fraction of sp³-hybridized carbons (Fsp3) is 0.222. The van der Waals surface area contributed by atoms with Gasteiger partial charge in [0.2, 0.25) is 0 Å². The number of benzene rings is 1. The van der Waals surface area contributed by atoms with Crippen molar-refractivity contribution in [3.05, 3.63) is 69.1 Å². The molecular formula is C18H21ClIN5S. The van der Waals surface area contributed by atoms with E-state index in [0.29, 0.717) is 11.6 Å². The number of aromatic nitrogens is 2. The third-order valence-corrected chi connectivity index (χ3v) is 4.89. The zero-order valence-corrected chi connectivity index (χ0v) is 18.5. The van der Waals surface area contributed by atoms with Crippen molar-refractivity contribution in [1.82, 2.24) is 20.4 Å². The molecule has 0 fully saturated rings. The summed E-state index contributed by atoms with van der Waals surface area (Å²) in [6.45, 7) is 3.53. The molecule has 0 aliphatic heterocycles. The van der Waals surface area contributed by atoms with E-state index in [-0.39, 0.29) is 24.0 Å². The minimum absolute atomic E-state index is 0.